The molecule has 1 aliphatic rings. The van der Waals surface area contributed by atoms with Crippen LogP contribution in [0.1, 0.15) is 33.0 Å². The monoisotopic (exact) mass is 270 g/mol. The molecule has 0 radical (unpaired) electrons. The Kier molecular flexibility index (Phi) is 4.71. The molecular weight excluding hydrogens is 248 g/mol. The van der Waals surface area contributed by atoms with E-state index in [0.717, 1.165) is 31.9 Å². The second-order valence-electron chi connectivity index (χ2n) is 5.33. The van der Waals surface area contributed by atoms with Crippen LogP contribution in [0, 0.1) is 0 Å². The van der Waals surface area contributed by atoms with Crippen LogP contribution in [-0.2, 0) is 6.54 Å². The molecule has 1 saturated heterocycles. The summed E-state index contributed by atoms with van der Waals surface area (Å²) in [4.78, 5) is 5.06. The number of furan rings is 1. The maximum atomic E-state index is 5.81. The van der Waals surface area contributed by atoms with Crippen LogP contribution in [0.3, 0.4) is 0 Å². The van der Waals surface area contributed by atoms with Gasteiger partial charge in [-0.05, 0) is 44.0 Å². The molecule has 0 spiro atoms. The van der Waals surface area contributed by atoms with E-state index in [9.17, 15) is 0 Å². The molecule has 0 N–H and O–H groups in total. The normalized spacial score (nSPS) is 22.8. The van der Waals surface area contributed by atoms with Crippen LogP contribution in [-0.4, -0.2) is 41.5 Å². The van der Waals surface area contributed by atoms with Gasteiger partial charge in [-0.25, -0.2) is 0 Å². The average Bonchev–Trinajstić information content (AvgIpc) is 2.74. The number of halogens is 1. The third kappa shape index (κ3) is 3.28. The Labute approximate surface area is 115 Å². The molecule has 4 heteroatoms. The molecule has 0 aromatic carbocycles. The van der Waals surface area contributed by atoms with Crippen molar-refractivity contribution in [1.82, 2.24) is 9.80 Å². The highest BCUT2D eigenvalue weighted by Gasteiger charge is 2.27. The van der Waals surface area contributed by atoms with E-state index >= 15 is 0 Å². The van der Waals surface area contributed by atoms with Crippen LogP contribution in [0.5, 0.6) is 0 Å². The van der Waals surface area contributed by atoms with E-state index in [-0.39, 0.29) is 0 Å². The second kappa shape index (κ2) is 6.09. The van der Waals surface area contributed by atoms with E-state index < -0.39 is 0 Å². The second-order valence-corrected chi connectivity index (χ2v) is 5.71. The van der Waals surface area contributed by atoms with E-state index in [2.05, 4.69) is 30.6 Å². The van der Waals surface area contributed by atoms with Gasteiger partial charge in [-0.1, -0.05) is 6.92 Å². The zero-order chi connectivity index (χ0) is 13.1. The van der Waals surface area contributed by atoms with Crippen molar-refractivity contribution in [2.75, 3.05) is 19.6 Å². The van der Waals surface area contributed by atoms with E-state index in [0.29, 0.717) is 17.3 Å². The first kappa shape index (κ1) is 13.9. The number of nitrogens with zero attached hydrogens (tertiary/aromatic N) is 2. The average molecular weight is 271 g/mol. The van der Waals surface area contributed by atoms with E-state index in [1.807, 2.05) is 12.1 Å². The van der Waals surface area contributed by atoms with Gasteiger partial charge in [-0.3, -0.25) is 9.80 Å². The van der Waals surface area contributed by atoms with Crippen LogP contribution in [0.4, 0.5) is 0 Å². The van der Waals surface area contributed by atoms with E-state index in [4.69, 9.17) is 16.0 Å². The van der Waals surface area contributed by atoms with Gasteiger partial charge in [0.15, 0.2) is 5.22 Å². The molecular formula is C14H23ClN2O. The van der Waals surface area contributed by atoms with Gasteiger partial charge in [0, 0.05) is 31.7 Å². The molecule has 0 saturated carbocycles. The highest BCUT2D eigenvalue weighted by molar-refractivity contribution is 6.28. The maximum absolute atomic E-state index is 5.81. The minimum atomic E-state index is 0.484. The highest BCUT2D eigenvalue weighted by Crippen LogP contribution is 2.20. The molecule has 1 unspecified atom stereocenters. The lowest BCUT2D eigenvalue weighted by Crippen LogP contribution is -2.54. The van der Waals surface area contributed by atoms with Crippen molar-refractivity contribution in [2.45, 2.75) is 45.8 Å². The fourth-order valence-electron chi connectivity index (χ4n) is 2.78. The maximum Gasteiger partial charge on any atom is 0.193 e. The summed E-state index contributed by atoms with van der Waals surface area (Å²) >= 11 is 5.81. The first-order valence-corrected chi connectivity index (χ1v) is 7.20. The molecule has 18 heavy (non-hydrogen) atoms. The van der Waals surface area contributed by atoms with Crippen molar-refractivity contribution in [3.8, 4) is 0 Å². The standard InChI is InChI=1S/C14H23ClN2O/c1-4-12-9-16(7-8-17(12)11(2)3)10-13-5-6-14(15)18-13/h5-6,11-12H,4,7-10H2,1-3H3. The van der Waals surface area contributed by atoms with Crippen molar-refractivity contribution in [1.29, 1.82) is 0 Å². The molecule has 3 nitrogen and oxygen atoms in total. The summed E-state index contributed by atoms with van der Waals surface area (Å²) in [5, 5.41) is 0.484. The Hall–Kier alpha value is -0.510. The third-order valence-electron chi connectivity index (χ3n) is 3.76. The molecule has 1 fully saturated rings. The number of piperazine rings is 1. The van der Waals surface area contributed by atoms with Gasteiger partial charge in [-0.2, -0.15) is 0 Å². The first-order chi connectivity index (χ1) is 8.60. The zero-order valence-electron chi connectivity index (χ0n) is 11.5. The number of hydrogen-bond acceptors (Lipinski definition) is 3. The Bertz CT molecular complexity index is 378. The van der Waals surface area contributed by atoms with Crippen molar-refractivity contribution in [3.63, 3.8) is 0 Å². The molecule has 0 aliphatic carbocycles. The quantitative estimate of drug-likeness (QED) is 0.837. The van der Waals surface area contributed by atoms with Crippen molar-refractivity contribution in [3.05, 3.63) is 23.1 Å². The smallest absolute Gasteiger partial charge is 0.193 e. The van der Waals surface area contributed by atoms with Gasteiger partial charge < -0.3 is 4.42 Å². The minimum absolute atomic E-state index is 0.484. The predicted molar refractivity (Wildman–Crippen MR) is 74.9 cm³/mol. The molecule has 102 valence electrons. The summed E-state index contributed by atoms with van der Waals surface area (Å²) in [6.07, 6.45) is 1.20. The Morgan fingerprint density at radius 1 is 1.39 bits per heavy atom. The number of hydrogen-bond donors (Lipinski definition) is 0. The zero-order valence-corrected chi connectivity index (χ0v) is 12.3. The van der Waals surface area contributed by atoms with Crippen molar-refractivity contribution < 1.29 is 4.42 Å². The van der Waals surface area contributed by atoms with E-state index in [1.54, 1.807) is 0 Å². The lowest BCUT2D eigenvalue weighted by Gasteiger charge is -2.43. The van der Waals surface area contributed by atoms with Crippen LogP contribution < -0.4 is 0 Å². The Morgan fingerprint density at radius 2 is 2.17 bits per heavy atom. The van der Waals surface area contributed by atoms with E-state index in [1.165, 1.54) is 6.42 Å². The third-order valence-corrected chi connectivity index (χ3v) is 3.96. The minimum Gasteiger partial charge on any atom is -0.448 e. The van der Waals surface area contributed by atoms with Gasteiger partial charge in [0.25, 0.3) is 0 Å². The van der Waals surface area contributed by atoms with Crippen LogP contribution in [0.2, 0.25) is 5.22 Å². The van der Waals surface area contributed by atoms with Crippen LogP contribution >= 0.6 is 11.6 Å². The summed E-state index contributed by atoms with van der Waals surface area (Å²) in [5.74, 6) is 0.966. The molecule has 0 amide bonds. The van der Waals surface area contributed by atoms with Gasteiger partial charge in [0.05, 0.1) is 6.54 Å². The topological polar surface area (TPSA) is 19.6 Å². The summed E-state index contributed by atoms with van der Waals surface area (Å²) in [5.41, 5.74) is 0. The predicted octanol–water partition coefficient (Wildman–Crippen LogP) is 3.24. The summed E-state index contributed by atoms with van der Waals surface area (Å²) in [6, 6.07) is 5.08. The molecule has 2 rings (SSSR count). The van der Waals surface area contributed by atoms with Gasteiger partial charge in [-0.15, -0.1) is 0 Å². The molecule has 2 heterocycles. The van der Waals surface area contributed by atoms with Gasteiger partial charge in [0.1, 0.15) is 5.76 Å². The summed E-state index contributed by atoms with van der Waals surface area (Å²) in [7, 11) is 0. The Morgan fingerprint density at radius 3 is 2.72 bits per heavy atom. The lowest BCUT2D eigenvalue weighted by atomic mass is 10.1. The highest BCUT2D eigenvalue weighted by atomic mass is 35.5. The fourth-order valence-corrected chi connectivity index (χ4v) is 2.94. The van der Waals surface area contributed by atoms with Crippen LogP contribution in [0.15, 0.2) is 16.5 Å². The first-order valence-electron chi connectivity index (χ1n) is 6.82. The summed E-state index contributed by atoms with van der Waals surface area (Å²) < 4.78 is 5.44. The summed E-state index contributed by atoms with van der Waals surface area (Å²) in [6.45, 7) is 11.1. The molecule has 1 atom stereocenters. The van der Waals surface area contributed by atoms with Gasteiger partial charge in [0.2, 0.25) is 0 Å². The molecule has 1 aromatic rings. The largest absolute Gasteiger partial charge is 0.448 e. The molecule has 1 aliphatic heterocycles. The van der Waals surface area contributed by atoms with Crippen molar-refractivity contribution >= 4 is 11.6 Å². The molecule has 1 aromatic heterocycles. The fraction of sp³-hybridized carbons (Fsp3) is 0.714. The molecule has 0 bridgehead atoms. The Balaban J connectivity index is 1.93. The SMILES string of the molecule is CCC1CN(Cc2ccc(Cl)o2)CCN1C(C)C. The van der Waals surface area contributed by atoms with Crippen LogP contribution in [0.25, 0.3) is 0 Å². The lowest BCUT2D eigenvalue weighted by molar-refractivity contribution is 0.0426. The number of rotatable bonds is 4. The van der Waals surface area contributed by atoms with Gasteiger partial charge >= 0.3 is 0 Å². The van der Waals surface area contributed by atoms with Crippen molar-refractivity contribution in [2.24, 2.45) is 0 Å².